The quantitative estimate of drug-likeness (QED) is 0.116. The van der Waals surface area contributed by atoms with Crippen molar-refractivity contribution in [3.8, 4) is 11.5 Å². The van der Waals surface area contributed by atoms with E-state index in [1.807, 2.05) is 6.07 Å². The lowest BCUT2D eigenvalue weighted by molar-refractivity contribution is -0.138. The van der Waals surface area contributed by atoms with Crippen LogP contribution in [0.25, 0.3) is 11.6 Å². The molecule has 2 fully saturated rings. The van der Waals surface area contributed by atoms with Crippen LogP contribution in [0.3, 0.4) is 0 Å². The molecule has 3 heterocycles. The minimum atomic E-state index is -4.95. The summed E-state index contributed by atoms with van der Waals surface area (Å²) in [5, 5.41) is 0. The first-order chi connectivity index (χ1) is 26.9. The Hall–Kier alpha value is -6.02. The molecule has 3 aliphatic rings. The normalized spacial score (nSPS) is 16.6. The number of rotatable bonds is 8. The van der Waals surface area contributed by atoms with E-state index in [1.54, 1.807) is 71.6 Å². The number of hydrogen-bond donors (Lipinski definition) is 0. The minimum absolute atomic E-state index is 0.0222. The van der Waals surface area contributed by atoms with Crippen LogP contribution in [0.1, 0.15) is 32.6 Å². The number of benzene rings is 4. The van der Waals surface area contributed by atoms with Gasteiger partial charge in [0.05, 0.1) is 11.1 Å². The number of carbonyl (C=O) groups is 3. The van der Waals surface area contributed by atoms with Crippen LogP contribution in [0, 0.1) is 11.6 Å². The summed E-state index contributed by atoms with van der Waals surface area (Å²) in [5.74, 6) is -2.11. The molecule has 0 bridgehead atoms. The molecule has 2 saturated heterocycles. The van der Waals surface area contributed by atoms with Crippen molar-refractivity contribution in [1.29, 1.82) is 0 Å². The third kappa shape index (κ3) is 8.60. The van der Waals surface area contributed by atoms with Crippen molar-refractivity contribution in [3.05, 3.63) is 142 Å². The second-order valence-corrected chi connectivity index (χ2v) is 13.6. The number of nitrogens with zero attached hydrogens (tertiary/aromatic N) is 4. The van der Waals surface area contributed by atoms with Gasteiger partial charge in [0.15, 0.2) is 11.5 Å². The molecule has 0 aliphatic carbocycles. The summed E-state index contributed by atoms with van der Waals surface area (Å²) in [7, 11) is 0. The first-order valence-corrected chi connectivity index (χ1v) is 18.0. The molecule has 3 aliphatic heterocycles. The molecule has 0 spiro atoms. The van der Waals surface area contributed by atoms with E-state index in [0.29, 0.717) is 72.6 Å². The first kappa shape index (κ1) is 38.3. The lowest BCUT2D eigenvalue weighted by Gasteiger charge is -2.36. The fourth-order valence-electron chi connectivity index (χ4n) is 6.96. The van der Waals surface area contributed by atoms with Gasteiger partial charge >= 0.3 is 6.18 Å². The van der Waals surface area contributed by atoms with E-state index < -0.39 is 34.9 Å². The van der Waals surface area contributed by atoms with Crippen molar-refractivity contribution in [2.45, 2.75) is 12.7 Å². The van der Waals surface area contributed by atoms with Gasteiger partial charge in [0.25, 0.3) is 11.8 Å². The monoisotopic (exact) mass is 772 g/mol. The van der Waals surface area contributed by atoms with Crippen LogP contribution in [-0.4, -0.2) is 96.5 Å². The topological polar surface area (TPSA) is 82.6 Å². The highest BCUT2D eigenvalue weighted by Crippen LogP contribution is 2.36. The van der Waals surface area contributed by atoms with Crippen molar-refractivity contribution >= 4 is 29.4 Å². The summed E-state index contributed by atoms with van der Waals surface area (Å²) in [6.45, 7) is 2.00. The molecule has 14 heteroatoms. The molecule has 4 aromatic rings. The number of fused-ring (bicyclic) bond motifs is 1. The summed E-state index contributed by atoms with van der Waals surface area (Å²) < 4.78 is 80.4. The Morgan fingerprint density at radius 2 is 1.36 bits per heavy atom. The Balaban J connectivity index is 1.16. The summed E-state index contributed by atoms with van der Waals surface area (Å²) >= 11 is 0. The highest BCUT2D eigenvalue weighted by molar-refractivity contribution is 6.16. The van der Waals surface area contributed by atoms with Gasteiger partial charge in [-0.25, -0.2) is 8.78 Å². The number of halogens is 5. The van der Waals surface area contributed by atoms with Gasteiger partial charge in [-0.05, 0) is 59.2 Å². The lowest BCUT2D eigenvalue weighted by atomic mass is 9.93. The zero-order valence-electron chi connectivity index (χ0n) is 30.1. The highest BCUT2D eigenvalue weighted by Gasteiger charge is 2.38. The van der Waals surface area contributed by atoms with Crippen molar-refractivity contribution in [2.24, 2.45) is 0 Å². The maximum absolute atomic E-state index is 14.6. The van der Waals surface area contributed by atoms with E-state index in [2.05, 4.69) is 4.90 Å². The number of ether oxygens (including phenoxy) is 2. The highest BCUT2D eigenvalue weighted by atomic mass is 19.4. The van der Waals surface area contributed by atoms with Gasteiger partial charge in [0, 0.05) is 76.1 Å². The third-order valence-corrected chi connectivity index (χ3v) is 9.99. The second-order valence-electron chi connectivity index (χ2n) is 13.6. The van der Waals surface area contributed by atoms with Crippen LogP contribution < -0.4 is 9.47 Å². The number of alkyl halides is 3. The molecule has 0 unspecified atom stereocenters. The van der Waals surface area contributed by atoms with E-state index in [4.69, 9.17) is 9.47 Å². The van der Waals surface area contributed by atoms with Gasteiger partial charge in [-0.15, -0.1) is 0 Å². The van der Waals surface area contributed by atoms with Gasteiger partial charge < -0.3 is 24.2 Å². The standard InChI is InChI=1S/C42H37F5N4O5/c43-31-11-12-32(35(24-31)42(45,46)47)40(53)50-18-20-51(21-19-50)41(54)34(22-28-10-13-37-38(23-28)56-27-55-37)33(29-6-2-1-3-7-29)25-39(52)49-16-14-48(15-17-49)26-30-8-4-5-9-36(30)44/h1-13,22-25H,14-21,26-27H2/b33-25+,34-22+. The van der Waals surface area contributed by atoms with Gasteiger partial charge in [-0.2, -0.15) is 13.2 Å². The predicted octanol–water partition coefficient (Wildman–Crippen LogP) is 6.51. The number of hydrogen-bond acceptors (Lipinski definition) is 6. The van der Waals surface area contributed by atoms with Crippen LogP contribution in [-0.2, 0) is 22.3 Å². The Labute approximate surface area is 319 Å². The molecule has 0 saturated carbocycles. The van der Waals surface area contributed by atoms with Crippen LogP contribution in [0.4, 0.5) is 22.0 Å². The predicted molar refractivity (Wildman–Crippen MR) is 197 cm³/mol. The van der Waals surface area contributed by atoms with Crippen LogP contribution in [0.2, 0.25) is 0 Å². The first-order valence-electron chi connectivity index (χ1n) is 18.0. The van der Waals surface area contributed by atoms with E-state index >= 15 is 0 Å². The molecule has 56 heavy (non-hydrogen) atoms. The largest absolute Gasteiger partial charge is 0.454 e. The van der Waals surface area contributed by atoms with Gasteiger partial charge in [0.2, 0.25) is 12.7 Å². The third-order valence-electron chi connectivity index (χ3n) is 9.99. The van der Waals surface area contributed by atoms with Crippen LogP contribution in [0.15, 0.2) is 103 Å². The zero-order chi connectivity index (χ0) is 39.4. The molecule has 4 aromatic carbocycles. The van der Waals surface area contributed by atoms with Gasteiger partial charge in [-0.1, -0.05) is 54.6 Å². The Morgan fingerprint density at radius 1 is 0.696 bits per heavy atom. The minimum Gasteiger partial charge on any atom is -0.454 e. The van der Waals surface area contributed by atoms with Crippen molar-refractivity contribution < 1.29 is 45.8 Å². The summed E-state index contributed by atoms with van der Waals surface area (Å²) in [4.78, 5) is 48.4. The van der Waals surface area contributed by atoms with E-state index in [0.717, 1.165) is 12.1 Å². The number of amides is 3. The van der Waals surface area contributed by atoms with Crippen molar-refractivity contribution in [3.63, 3.8) is 0 Å². The summed E-state index contributed by atoms with van der Waals surface area (Å²) in [6, 6.07) is 22.6. The molecule has 0 atom stereocenters. The van der Waals surface area contributed by atoms with Crippen LogP contribution in [0.5, 0.6) is 11.5 Å². The van der Waals surface area contributed by atoms with E-state index in [1.165, 1.54) is 21.9 Å². The maximum Gasteiger partial charge on any atom is 0.417 e. The lowest BCUT2D eigenvalue weighted by Crippen LogP contribution is -2.51. The number of piperazine rings is 2. The molecular formula is C42H37F5N4O5. The smallest absolute Gasteiger partial charge is 0.417 e. The average molecular weight is 773 g/mol. The molecule has 0 aromatic heterocycles. The Kier molecular flexibility index (Phi) is 11.2. The van der Waals surface area contributed by atoms with E-state index in [-0.39, 0.29) is 50.3 Å². The van der Waals surface area contributed by atoms with Gasteiger partial charge in [-0.3, -0.25) is 19.3 Å². The maximum atomic E-state index is 14.6. The molecular weight excluding hydrogens is 735 g/mol. The molecule has 290 valence electrons. The molecule has 0 radical (unpaired) electrons. The van der Waals surface area contributed by atoms with Crippen LogP contribution >= 0.6 is 0 Å². The molecule has 9 nitrogen and oxygen atoms in total. The molecule has 0 N–H and O–H groups in total. The molecule has 3 amide bonds. The second kappa shape index (κ2) is 16.4. The Morgan fingerprint density at radius 3 is 2.07 bits per heavy atom. The van der Waals surface area contributed by atoms with Crippen molar-refractivity contribution in [2.75, 3.05) is 59.2 Å². The fourth-order valence-corrected chi connectivity index (χ4v) is 6.96. The SMILES string of the molecule is O=C(/C=C(/C(=C\c1ccc2c(c1)OCO2)C(=O)N1CCN(C(=O)c2ccc(F)cc2C(F)(F)F)CC1)c1ccccc1)N1CCN(Cc2ccccc2F)CC1. The molecule has 7 rings (SSSR count). The zero-order valence-corrected chi connectivity index (χ0v) is 30.1. The van der Waals surface area contributed by atoms with Crippen molar-refractivity contribution in [1.82, 2.24) is 19.6 Å². The van der Waals surface area contributed by atoms with E-state index in [9.17, 15) is 36.3 Å². The Bertz CT molecular complexity index is 2180. The fraction of sp³-hybridized carbons (Fsp3) is 0.262. The van der Waals surface area contributed by atoms with Gasteiger partial charge in [0.1, 0.15) is 11.6 Å². The summed E-state index contributed by atoms with van der Waals surface area (Å²) in [5.41, 5.74) is 0.197. The summed E-state index contributed by atoms with van der Waals surface area (Å²) in [6.07, 6.45) is -1.87. The number of carbonyl (C=O) groups excluding carboxylic acids is 3. The average Bonchev–Trinajstić information content (AvgIpc) is 3.68.